The number of carbonyl (C=O) groups is 1. The van der Waals surface area contributed by atoms with Gasteiger partial charge in [0.1, 0.15) is 17.5 Å². The Kier molecular flexibility index (Phi) is 8.51. The number of benzene rings is 3. The van der Waals surface area contributed by atoms with Crippen LogP contribution >= 0.6 is 11.3 Å². The first kappa shape index (κ1) is 30.9. The van der Waals surface area contributed by atoms with Crippen LogP contribution < -0.4 is 24.4 Å². The lowest BCUT2D eigenvalue weighted by Gasteiger charge is -2.26. The van der Waals surface area contributed by atoms with Crippen LogP contribution in [0.5, 0.6) is 11.5 Å². The fourth-order valence-electron chi connectivity index (χ4n) is 6.04. The minimum absolute atomic E-state index is 0.187. The number of nitrogens with zero attached hydrogens (tertiary/aromatic N) is 3. The van der Waals surface area contributed by atoms with Gasteiger partial charge in [0, 0.05) is 22.6 Å². The minimum atomic E-state index is -0.821. The Balaban J connectivity index is 1.48. The van der Waals surface area contributed by atoms with E-state index in [0.29, 0.717) is 32.1 Å². The molecule has 0 bridgehead atoms. The van der Waals surface area contributed by atoms with Crippen molar-refractivity contribution in [1.82, 2.24) is 9.13 Å². The molecule has 0 radical (unpaired) electrons. The first-order valence-corrected chi connectivity index (χ1v) is 15.8. The van der Waals surface area contributed by atoms with Crippen molar-refractivity contribution in [3.05, 3.63) is 132 Å². The molecular formula is C37H35N3O5S. The topological polar surface area (TPSA) is 84.1 Å². The van der Waals surface area contributed by atoms with E-state index >= 15 is 0 Å². The zero-order valence-corrected chi connectivity index (χ0v) is 27.5. The maximum Gasteiger partial charge on any atom is 0.338 e. The van der Waals surface area contributed by atoms with Gasteiger partial charge < -0.3 is 18.8 Å². The molecular weight excluding hydrogens is 598 g/mol. The predicted octanol–water partition coefficient (Wildman–Crippen LogP) is 5.89. The second-order valence-corrected chi connectivity index (χ2v) is 12.0. The second-order valence-electron chi connectivity index (χ2n) is 11.0. The molecule has 6 rings (SSSR count). The number of hydrogen-bond acceptors (Lipinski definition) is 7. The van der Waals surface area contributed by atoms with Crippen molar-refractivity contribution in [1.29, 1.82) is 0 Å². The monoisotopic (exact) mass is 633 g/mol. The smallest absolute Gasteiger partial charge is 0.338 e. The first-order valence-electron chi connectivity index (χ1n) is 15.0. The van der Waals surface area contributed by atoms with E-state index in [1.807, 2.05) is 31.2 Å². The van der Waals surface area contributed by atoms with E-state index in [4.69, 9.17) is 19.2 Å². The lowest BCUT2D eigenvalue weighted by Crippen LogP contribution is -2.40. The molecule has 234 valence electrons. The van der Waals surface area contributed by atoms with Gasteiger partial charge in [-0.15, -0.1) is 0 Å². The van der Waals surface area contributed by atoms with Crippen LogP contribution in [0.1, 0.15) is 42.4 Å². The Morgan fingerprint density at radius 1 is 0.935 bits per heavy atom. The number of aromatic nitrogens is 2. The van der Waals surface area contributed by atoms with E-state index < -0.39 is 12.0 Å². The highest BCUT2D eigenvalue weighted by Crippen LogP contribution is 2.38. The van der Waals surface area contributed by atoms with Crippen LogP contribution in [0.15, 0.2) is 99.9 Å². The molecule has 9 heteroatoms. The molecule has 1 atom stereocenters. The van der Waals surface area contributed by atoms with Gasteiger partial charge >= 0.3 is 5.97 Å². The number of esters is 1. The normalized spacial score (nSPS) is 14.6. The summed E-state index contributed by atoms with van der Waals surface area (Å²) in [6.07, 6.45) is 1.91. The molecule has 0 fully saturated rings. The molecule has 46 heavy (non-hydrogen) atoms. The zero-order valence-electron chi connectivity index (χ0n) is 26.7. The highest BCUT2D eigenvalue weighted by Gasteiger charge is 2.35. The number of allylic oxidation sites excluding steroid dienone is 1. The van der Waals surface area contributed by atoms with Gasteiger partial charge in [0.15, 0.2) is 4.80 Å². The summed E-state index contributed by atoms with van der Waals surface area (Å²) in [5.41, 5.74) is 7.43. The summed E-state index contributed by atoms with van der Waals surface area (Å²) < 4.78 is 20.9. The molecule has 0 saturated heterocycles. The Morgan fingerprint density at radius 2 is 1.65 bits per heavy atom. The quantitative estimate of drug-likeness (QED) is 0.199. The Labute approximate surface area is 271 Å². The van der Waals surface area contributed by atoms with Crippen LogP contribution in [-0.2, 0) is 9.53 Å². The van der Waals surface area contributed by atoms with Crippen LogP contribution in [0.25, 0.3) is 22.9 Å². The molecule has 0 aliphatic carbocycles. The number of rotatable bonds is 8. The highest BCUT2D eigenvalue weighted by molar-refractivity contribution is 7.07. The molecule has 0 unspecified atom stereocenters. The fraction of sp³-hybridized carbons (Fsp3) is 0.216. The number of thiazole rings is 1. The van der Waals surface area contributed by atoms with Crippen molar-refractivity contribution in [2.24, 2.45) is 4.99 Å². The van der Waals surface area contributed by atoms with Crippen LogP contribution in [0, 0.1) is 13.8 Å². The predicted molar refractivity (Wildman–Crippen MR) is 181 cm³/mol. The largest absolute Gasteiger partial charge is 0.497 e. The van der Waals surface area contributed by atoms with E-state index in [1.54, 1.807) is 50.8 Å². The van der Waals surface area contributed by atoms with Gasteiger partial charge in [-0.05, 0) is 86.9 Å². The Bertz CT molecular complexity index is 2160. The minimum Gasteiger partial charge on any atom is -0.497 e. The number of methoxy groups -OCH3 is 2. The van der Waals surface area contributed by atoms with Crippen LogP contribution in [-0.4, -0.2) is 35.9 Å². The van der Waals surface area contributed by atoms with Crippen molar-refractivity contribution in [2.45, 2.75) is 33.7 Å². The third-order valence-electron chi connectivity index (χ3n) is 8.24. The van der Waals surface area contributed by atoms with Crippen LogP contribution in [0.4, 0.5) is 0 Å². The van der Waals surface area contributed by atoms with Gasteiger partial charge in [-0.3, -0.25) is 9.36 Å². The summed E-state index contributed by atoms with van der Waals surface area (Å²) in [5.74, 6) is 0.550. The number of hydrogen-bond donors (Lipinski definition) is 0. The van der Waals surface area contributed by atoms with Gasteiger partial charge in [-0.1, -0.05) is 53.8 Å². The summed E-state index contributed by atoms with van der Waals surface area (Å²) in [5, 5.41) is 0. The molecule has 8 nitrogen and oxygen atoms in total. The maximum absolute atomic E-state index is 14.3. The number of fused-ring (bicyclic) bond motifs is 1. The molecule has 5 aromatic rings. The van der Waals surface area contributed by atoms with Gasteiger partial charge in [0.05, 0.1) is 36.6 Å². The molecule has 1 aliphatic rings. The number of aryl methyl sites for hydroxylation is 1. The standard InChI is InChI=1S/C37H35N3O5S/c1-7-45-36(42)33-23(3)38-37-40(34(33)30-21-29(43-5)17-18-31(30)44-6)35(41)32(46-37)20-27-19-22(2)39(24(27)4)28-15-13-26(14-16-28)25-11-9-8-10-12-25/h8-21,34H,7H2,1-6H3/b32-20-/t34-/m0/s1. The van der Waals surface area contributed by atoms with Crippen molar-refractivity contribution < 1.29 is 19.0 Å². The second kappa shape index (κ2) is 12.7. The van der Waals surface area contributed by atoms with Crippen molar-refractivity contribution in [3.63, 3.8) is 0 Å². The van der Waals surface area contributed by atoms with Gasteiger partial charge in [0.2, 0.25) is 0 Å². The van der Waals surface area contributed by atoms with E-state index in [-0.39, 0.29) is 17.7 Å². The highest BCUT2D eigenvalue weighted by atomic mass is 32.1. The zero-order chi connectivity index (χ0) is 32.5. The third kappa shape index (κ3) is 5.47. The number of carbonyl (C=O) groups excluding carboxylic acids is 1. The SMILES string of the molecule is CCOC(=O)C1=C(C)N=c2s/c(=C\c3cc(C)n(-c4ccc(-c5ccccc5)cc4)c3C)c(=O)n2[C@H]1c1cc(OC)ccc1OC. The van der Waals surface area contributed by atoms with Crippen LogP contribution in [0.3, 0.4) is 0 Å². The van der Waals surface area contributed by atoms with E-state index in [1.165, 1.54) is 11.3 Å². The average molecular weight is 634 g/mol. The van der Waals surface area contributed by atoms with Crippen molar-refractivity contribution in [3.8, 4) is 28.3 Å². The summed E-state index contributed by atoms with van der Waals surface area (Å²) in [6.45, 7) is 7.81. The molecule has 2 aromatic heterocycles. The van der Waals surface area contributed by atoms with E-state index in [2.05, 4.69) is 54.0 Å². The van der Waals surface area contributed by atoms with Gasteiger partial charge in [-0.25, -0.2) is 9.79 Å². The molecule has 0 N–H and O–H groups in total. The third-order valence-corrected chi connectivity index (χ3v) is 9.22. The fourth-order valence-corrected chi connectivity index (χ4v) is 7.08. The summed E-state index contributed by atoms with van der Waals surface area (Å²) >= 11 is 1.29. The molecule has 0 amide bonds. The Hall–Kier alpha value is -5.15. The Morgan fingerprint density at radius 3 is 2.33 bits per heavy atom. The first-order chi connectivity index (χ1) is 22.2. The molecule has 3 heterocycles. The summed E-state index contributed by atoms with van der Waals surface area (Å²) in [7, 11) is 3.12. The number of ether oxygens (including phenoxy) is 3. The van der Waals surface area contributed by atoms with Crippen LogP contribution in [0.2, 0.25) is 0 Å². The molecule has 1 aliphatic heterocycles. The van der Waals surface area contributed by atoms with Crippen molar-refractivity contribution >= 4 is 23.4 Å². The van der Waals surface area contributed by atoms with E-state index in [0.717, 1.165) is 33.8 Å². The summed E-state index contributed by atoms with van der Waals surface area (Å²) in [4.78, 5) is 32.8. The van der Waals surface area contributed by atoms with Gasteiger partial charge in [-0.2, -0.15) is 0 Å². The lowest BCUT2D eigenvalue weighted by atomic mass is 9.94. The summed E-state index contributed by atoms with van der Waals surface area (Å²) in [6, 6.07) is 25.3. The van der Waals surface area contributed by atoms with E-state index in [9.17, 15) is 9.59 Å². The molecule has 0 spiro atoms. The lowest BCUT2D eigenvalue weighted by molar-refractivity contribution is -0.139. The van der Waals surface area contributed by atoms with Crippen molar-refractivity contribution in [2.75, 3.05) is 20.8 Å². The molecule has 0 saturated carbocycles. The average Bonchev–Trinajstić information content (AvgIpc) is 3.53. The molecule has 3 aromatic carbocycles. The maximum atomic E-state index is 14.3. The van der Waals surface area contributed by atoms with Gasteiger partial charge in [0.25, 0.3) is 5.56 Å².